The number of hydrogen-bond acceptors (Lipinski definition) is 61. The number of ether oxygens (including phenoxy) is 23. The second kappa shape index (κ2) is 49.8. The van der Waals surface area contributed by atoms with E-state index in [0.717, 1.165) is 13.8 Å². The first-order valence-corrected chi connectivity index (χ1v) is 44.2. The van der Waals surface area contributed by atoms with E-state index in [1.807, 2.05) is 0 Å². The summed E-state index contributed by atoms with van der Waals surface area (Å²) in [5.74, 6) is -1.88. The summed E-state index contributed by atoms with van der Waals surface area (Å²) in [5, 5.41) is 407. The lowest BCUT2D eigenvalue weighted by molar-refractivity contribution is -0.410. The van der Waals surface area contributed by atoms with Gasteiger partial charge in [-0.25, -0.2) is 0 Å². The Morgan fingerprint density at radius 3 is 0.770 bits per heavy atom. The summed E-state index contributed by atoms with van der Waals surface area (Å²) in [6.45, 7) is -11.9. The summed E-state index contributed by atoms with van der Waals surface area (Å²) >= 11 is 0. The molecule has 0 radical (unpaired) electrons. The lowest BCUT2D eigenvalue weighted by atomic mass is 9.94. The zero-order chi connectivity index (χ0) is 102. The van der Waals surface area contributed by atoms with E-state index in [1.165, 1.54) is 0 Å². The number of aliphatic hydroxyl groups excluding tert-OH is 36. The van der Waals surface area contributed by atoms with Crippen LogP contribution in [0.15, 0.2) is 0 Å². The molecule has 12 heterocycles. The minimum Gasteiger partial charge on any atom is -0.394 e. The number of aliphatic hydroxyl groups is 36. The van der Waals surface area contributed by atoms with Crippen molar-refractivity contribution < 1.29 is 302 Å². The second-order valence-corrected chi connectivity index (χ2v) is 35.2. The molecule has 12 saturated heterocycles. The van der Waals surface area contributed by atoms with Gasteiger partial charge in [0.1, 0.15) is 293 Å². The molecule has 0 aromatic heterocycles. The van der Waals surface area contributed by atoms with Crippen LogP contribution in [0, 0.1) is 0 Å². The van der Waals surface area contributed by atoms with Gasteiger partial charge in [-0.3, -0.25) is 9.59 Å². The van der Waals surface area contributed by atoms with E-state index in [2.05, 4.69) is 10.6 Å². The molecule has 12 rings (SSSR count). The Kier molecular flexibility index (Phi) is 41.0. The van der Waals surface area contributed by atoms with Crippen LogP contribution in [0.4, 0.5) is 0 Å². The first-order chi connectivity index (χ1) is 65.8. The lowest BCUT2D eigenvalue weighted by Crippen LogP contribution is -2.70. The zero-order valence-corrected chi connectivity index (χ0v) is 73.4. The van der Waals surface area contributed by atoms with E-state index in [0.29, 0.717) is 0 Å². The molecule has 808 valence electrons. The predicted molar refractivity (Wildman–Crippen MR) is 418 cm³/mol. The van der Waals surface area contributed by atoms with Crippen molar-refractivity contribution in [1.29, 1.82) is 0 Å². The van der Waals surface area contributed by atoms with Crippen LogP contribution in [0.1, 0.15) is 13.8 Å². The van der Waals surface area contributed by atoms with Crippen molar-refractivity contribution in [3.63, 3.8) is 0 Å². The van der Waals surface area contributed by atoms with Crippen LogP contribution < -0.4 is 10.6 Å². The van der Waals surface area contributed by atoms with Crippen LogP contribution in [0.25, 0.3) is 0 Å². The average Bonchev–Trinajstić information content (AvgIpc) is 0.766. The molecule has 38 N–H and O–H groups in total. The third-order valence-corrected chi connectivity index (χ3v) is 25.8. The molecule has 63 heteroatoms. The van der Waals surface area contributed by atoms with Gasteiger partial charge in [-0.05, 0) is 0 Å². The molecule has 0 bridgehead atoms. The fourth-order valence-electron chi connectivity index (χ4n) is 17.8. The Morgan fingerprint density at radius 2 is 0.396 bits per heavy atom. The number of amides is 2. The van der Waals surface area contributed by atoms with Gasteiger partial charge in [-0.1, -0.05) is 0 Å². The van der Waals surface area contributed by atoms with Crippen molar-refractivity contribution in [1.82, 2.24) is 10.6 Å². The molecule has 0 aliphatic carbocycles. The van der Waals surface area contributed by atoms with Crippen LogP contribution in [0.5, 0.6) is 0 Å². The Morgan fingerprint density at radius 1 is 0.187 bits per heavy atom. The number of hydrogen-bond donors (Lipinski definition) is 38. The monoisotopic (exact) mass is 2040 g/mol. The van der Waals surface area contributed by atoms with Gasteiger partial charge in [0.2, 0.25) is 11.8 Å². The third-order valence-electron chi connectivity index (χ3n) is 25.8. The molecule has 0 aromatic rings. The van der Waals surface area contributed by atoms with Crippen molar-refractivity contribution in [3.05, 3.63) is 0 Å². The fraction of sp³-hybridized carbons (Fsp3) is 0.974. The van der Waals surface area contributed by atoms with Gasteiger partial charge in [0.25, 0.3) is 0 Å². The van der Waals surface area contributed by atoms with Crippen molar-refractivity contribution >= 4 is 11.8 Å². The maximum atomic E-state index is 13.2. The number of carbonyl (C=O) groups is 2. The summed E-state index contributed by atoms with van der Waals surface area (Å²) in [6.07, 6.45) is -129. The van der Waals surface area contributed by atoms with E-state index in [1.54, 1.807) is 0 Å². The van der Waals surface area contributed by atoms with Crippen molar-refractivity contribution in [3.8, 4) is 0 Å². The lowest BCUT2D eigenvalue weighted by Gasteiger charge is -2.51. The maximum absolute atomic E-state index is 13.2. The summed E-state index contributed by atoms with van der Waals surface area (Å²) in [7, 11) is 0. The minimum atomic E-state index is -2.80. The molecule has 12 fully saturated rings. The van der Waals surface area contributed by atoms with Gasteiger partial charge >= 0.3 is 0 Å². The molecule has 63 nitrogen and oxygen atoms in total. The molecule has 12 aliphatic rings. The molecule has 60 atom stereocenters. The Hall–Kier alpha value is -3.42. The highest BCUT2D eigenvalue weighted by Gasteiger charge is 2.63. The smallest absolute Gasteiger partial charge is 0.217 e. The summed E-state index contributed by atoms with van der Waals surface area (Å²) in [6, 6.07) is -3.79. The van der Waals surface area contributed by atoms with E-state index in [-0.39, 0.29) is 0 Å². The molecule has 0 spiro atoms. The van der Waals surface area contributed by atoms with Crippen molar-refractivity contribution in [2.75, 3.05) is 79.3 Å². The van der Waals surface area contributed by atoms with E-state index >= 15 is 0 Å². The molecule has 1 unspecified atom stereocenters. The van der Waals surface area contributed by atoms with Gasteiger partial charge in [-0.2, -0.15) is 0 Å². The second-order valence-electron chi connectivity index (χ2n) is 35.2. The van der Waals surface area contributed by atoms with E-state index in [4.69, 9.17) is 109 Å². The largest absolute Gasteiger partial charge is 0.394 e. The van der Waals surface area contributed by atoms with Gasteiger partial charge in [-0.15, -0.1) is 0 Å². The standard InChI is InChI=1S/C76H128N2O61/c1-15(87)77-29-41(99)58(23(9-85)121-65(29)116)133-66-30(78-16(2)88)42(100)59(24(10-86)128-66)134-73-57(115)61(40(98)28(131-73)13-119-69-56(114)60(135-70-53(111)44(102)32(90)18(4-80)123-70)39(97)27(130-69)14-120-74-62(48(106)35(93)21(7-83)126-74)137-71-54(112)45(103)33(91)19(5-81)124-71)136-76-64(139-75-63(49(107)36(94)22(8-84)127-75)138-72-55(113)46(104)34(92)20(6-82)125-72)50(108)38(96)26(132-76)12-118-68-52(110)47(105)37(95)25(129-68)11-117-67-51(109)43(101)31(89)17(3-79)122-67/h17-76,79-86,89-116H,3-14H2,1-2H3,(H,77,87)(H,78,88)/t17-,18-,19-,20-,21-,22-,23-,24-,25-,26-,27-,28-,29-,30-,31-,32-,33-,34-,35-,36-,37-,38-,39-,40-,41-,42-,43+,44+,45+,46+,47+,48+,49+,50+,51+,52+,53+,54+,55+,56+,57+,58-,59-,60+,61+,62+,63+,64+,65?,66+,67+,68+,69+,70-,71-,72-,73+,74+,75-,76-/m1/s1. The van der Waals surface area contributed by atoms with Gasteiger partial charge in [0, 0.05) is 13.8 Å². The molecule has 12 aliphatic heterocycles. The highest BCUT2D eigenvalue weighted by atomic mass is 16.8. The van der Waals surface area contributed by atoms with Crippen LogP contribution in [0.3, 0.4) is 0 Å². The Balaban J connectivity index is 0.912. The van der Waals surface area contributed by atoms with Crippen LogP contribution in [0.2, 0.25) is 0 Å². The third kappa shape index (κ3) is 24.8. The SMILES string of the molecule is CC(=O)N[C@H]1[C@H](O[C@H]2[C@H](O)[C@@H](NC(C)=O)C(O)O[C@@H]2CO)O[C@H](CO)[C@@H](O[C@@H]2O[C@H](CO[C@H]3O[C@H](CO[C@H]4O[C@H](CO)[C@@H](O)[C@H](O)[C@@H]4O[C@H]4O[C@H](CO)[C@@H](O)[C@H](O)[C@@H]4O)[C@@H](O)[C@H](O[C@H]4O[C@H](CO)[C@@H](O)[C@H](O)[C@@H]4O)[C@@H]3O)[C@@H](O)[C@H](O[C@H]3O[C@H](CO[C@H]4O[C@H](CO[C@H]5O[C@H](CO)[C@@H](O)[C@H](O)[C@@H]5O)[C@@H](O)[C@H](O)[C@@H]4O)[C@@H](O)[C@H](O)[C@@H]3O[C@H]3O[C@H](CO)[C@@H](O)[C@H](O)[C@@H]3O[C@H]3O[C@H](CO)[C@@H](O)[C@H](O)[C@@H]3O)[C@@H]2O)[C@@H]1O. The Labute approximate surface area is 784 Å². The van der Waals surface area contributed by atoms with Gasteiger partial charge in [0.05, 0.1) is 79.3 Å². The molecule has 0 aromatic carbocycles. The summed E-state index contributed by atoms with van der Waals surface area (Å²) in [5.41, 5.74) is 0. The van der Waals surface area contributed by atoms with Crippen LogP contribution in [-0.2, 0) is 119 Å². The molecule has 0 saturated carbocycles. The summed E-state index contributed by atoms with van der Waals surface area (Å²) in [4.78, 5) is 25.5. The zero-order valence-electron chi connectivity index (χ0n) is 73.4. The first kappa shape index (κ1) is 114. The van der Waals surface area contributed by atoms with E-state index < -0.39 is 459 Å². The fourth-order valence-corrected chi connectivity index (χ4v) is 17.8. The van der Waals surface area contributed by atoms with Crippen LogP contribution in [-0.4, -0.2) is 643 Å². The molecule has 139 heavy (non-hydrogen) atoms. The topological polar surface area (TPSA) is 999 Å². The normalized spacial score (nSPS) is 51.9. The Bertz CT molecular complexity index is 3730. The minimum absolute atomic E-state index is 0.845. The number of carbonyl (C=O) groups excluding carboxylic acids is 2. The number of nitrogens with one attached hydrogen (secondary N) is 2. The van der Waals surface area contributed by atoms with Gasteiger partial charge < -0.3 is 303 Å². The first-order valence-electron chi connectivity index (χ1n) is 44.2. The summed E-state index contributed by atoms with van der Waals surface area (Å²) < 4.78 is 135. The predicted octanol–water partition coefficient (Wildman–Crippen LogP) is -26.9. The quantitative estimate of drug-likeness (QED) is 0.0277. The van der Waals surface area contributed by atoms with Crippen molar-refractivity contribution in [2.45, 2.75) is 382 Å². The molecule has 2 amide bonds. The highest BCUT2D eigenvalue weighted by Crippen LogP contribution is 2.42. The molecular weight excluding hydrogens is 1920 g/mol. The average molecular weight is 2050 g/mol. The maximum Gasteiger partial charge on any atom is 0.217 e. The molecular formula is C76H128N2O61. The van der Waals surface area contributed by atoms with Crippen LogP contribution >= 0.6 is 0 Å². The highest BCUT2D eigenvalue weighted by molar-refractivity contribution is 5.73. The van der Waals surface area contributed by atoms with Crippen molar-refractivity contribution in [2.24, 2.45) is 0 Å². The van der Waals surface area contributed by atoms with E-state index in [9.17, 15) is 193 Å². The number of rotatable bonds is 36. The van der Waals surface area contributed by atoms with Gasteiger partial charge in [0.15, 0.2) is 75.5 Å².